The molecule has 31 heavy (non-hydrogen) atoms. The average molecular weight is 459 g/mol. The third-order valence-electron chi connectivity index (χ3n) is 4.60. The number of carbonyl (C=O) groups excluding carboxylic acids is 1. The van der Waals surface area contributed by atoms with Crippen molar-refractivity contribution in [2.24, 2.45) is 5.92 Å². The standard InChI is InChI=1S/C23H27ClN4O2S/c1-5-28-22(17-9-11-18(12-10-17)30-13-15(2)3)26-27-23(28)31-14-21(29)25-20-8-6-7-19(24)16(20)4/h6-12,15H,5,13-14H2,1-4H3,(H,25,29). The van der Waals surface area contributed by atoms with Crippen LogP contribution in [0.4, 0.5) is 5.69 Å². The van der Waals surface area contributed by atoms with E-state index in [0.717, 1.165) is 28.4 Å². The lowest BCUT2D eigenvalue weighted by Crippen LogP contribution is -2.15. The lowest BCUT2D eigenvalue weighted by molar-refractivity contribution is -0.113. The zero-order valence-corrected chi connectivity index (χ0v) is 19.8. The number of amides is 1. The number of carbonyl (C=O) groups is 1. The van der Waals surface area contributed by atoms with Gasteiger partial charge < -0.3 is 14.6 Å². The van der Waals surface area contributed by atoms with Crippen molar-refractivity contribution in [2.45, 2.75) is 39.4 Å². The fourth-order valence-corrected chi connectivity index (χ4v) is 3.89. The minimum absolute atomic E-state index is 0.116. The first-order valence-electron chi connectivity index (χ1n) is 10.2. The lowest BCUT2D eigenvalue weighted by atomic mass is 10.2. The van der Waals surface area contributed by atoms with E-state index in [0.29, 0.717) is 29.2 Å². The molecule has 0 spiro atoms. The Morgan fingerprint density at radius 3 is 2.61 bits per heavy atom. The van der Waals surface area contributed by atoms with Gasteiger partial charge in [-0.05, 0) is 61.7 Å². The van der Waals surface area contributed by atoms with E-state index >= 15 is 0 Å². The molecule has 0 aliphatic heterocycles. The van der Waals surface area contributed by atoms with Crippen LogP contribution in [0.25, 0.3) is 11.4 Å². The van der Waals surface area contributed by atoms with Crippen molar-refractivity contribution in [3.63, 3.8) is 0 Å². The van der Waals surface area contributed by atoms with Gasteiger partial charge in [0.2, 0.25) is 5.91 Å². The monoisotopic (exact) mass is 458 g/mol. The molecule has 0 atom stereocenters. The van der Waals surface area contributed by atoms with Gasteiger partial charge in [-0.3, -0.25) is 4.79 Å². The molecule has 0 unspecified atom stereocenters. The van der Waals surface area contributed by atoms with Crippen molar-refractivity contribution in [1.29, 1.82) is 0 Å². The summed E-state index contributed by atoms with van der Waals surface area (Å²) >= 11 is 7.48. The summed E-state index contributed by atoms with van der Waals surface area (Å²) < 4.78 is 7.76. The van der Waals surface area contributed by atoms with Gasteiger partial charge >= 0.3 is 0 Å². The first kappa shape index (κ1) is 23.2. The SMILES string of the molecule is CCn1c(SCC(=O)Nc2cccc(Cl)c2C)nnc1-c1ccc(OCC(C)C)cc1. The van der Waals surface area contributed by atoms with E-state index in [-0.39, 0.29) is 11.7 Å². The molecule has 6 nitrogen and oxygen atoms in total. The largest absolute Gasteiger partial charge is 0.493 e. The maximum absolute atomic E-state index is 12.4. The zero-order valence-electron chi connectivity index (χ0n) is 18.2. The van der Waals surface area contributed by atoms with E-state index in [2.05, 4.69) is 29.4 Å². The molecule has 0 saturated carbocycles. The molecule has 1 heterocycles. The fraction of sp³-hybridized carbons (Fsp3) is 0.348. The summed E-state index contributed by atoms with van der Waals surface area (Å²) in [5, 5.41) is 12.9. The molecule has 8 heteroatoms. The van der Waals surface area contributed by atoms with Gasteiger partial charge in [-0.2, -0.15) is 0 Å². The van der Waals surface area contributed by atoms with E-state index in [9.17, 15) is 4.79 Å². The highest BCUT2D eigenvalue weighted by Crippen LogP contribution is 2.27. The van der Waals surface area contributed by atoms with Crippen LogP contribution < -0.4 is 10.1 Å². The summed E-state index contributed by atoms with van der Waals surface area (Å²) in [7, 11) is 0. The highest BCUT2D eigenvalue weighted by molar-refractivity contribution is 7.99. The molecule has 0 aliphatic rings. The molecule has 1 N–H and O–H groups in total. The van der Waals surface area contributed by atoms with Crippen molar-refractivity contribution in [3.05, 3.63) is 53.1 Å². The van der Waals surface area contributed by atoms with Crippen LogP contribution in [0.3, 0.4) is 0 Å². The number of thioether (sulfide) groups is 1. The molecular formula is C23H27ClN4O2S. The number of halogens is 1. The number of aromatic nitrogens is 3. The molecule has 3 aromatic rings. The molecule has 0 saturated heterocycles. The van der Waals surface area contributed by atoms with Crippen LogP contribution in [0.5, 0.6) is 5.75 Å². The Labute approximate surface area is 192 Å². The summed E-state index contributed by atoms with van der Waals surface area (Å²) in [6, 6.07) is 13.3. The zero-order chi connectivity index (χ0) is 22.4. The highest BCUT2D eigenvalue weighted by Gasteiger charge is 2.15. The van der Waals surface area contributed by atoms with E-state index in [1.165, 1.54) is 11.8 Å². The predicted molar refractivity (Wildman–Crippen MR) is 127 cm³/mol. The van der Waals surface area contributed by atoms with Crippen molar-refractivity contribution >= 4 is 35.0 Å². The van der Waals surface area contributed by atoms with Crippen molar-refractivity contribution in [2.75, 3.05) is 17.7 Å². The van der Waals surface area contributed by atoms with Gasteiger partial charge in [0.05, 0.1) is 12.4 Å². The van der Waals surface area contributed by atoms with Gasteiger partial charge in [0.1, 0.15) is 5.75 Å². The van der Waals surface area contributed by atoms with Crippen LogP contribution in [-0.2, 0) is 11.3 Å². The molecule has 0 fully saturated rings. The summed E-state index contributed by atoms with van der Waals surface area (Å²) in [5.41, 5.74) is 2.52. The number of hydrogen-bond acceptors (Lipinski definition) is 5. The van der Waals surface area contributed by atoms with Crippen LogP contribution in [0.15, 0.2) is 47.6 Å². The summed E-state index contributed by atoms with van der Waals surface area (Å²) in [4.78, 5) is 12.4. The second-order valence-electron chi connectivity index (χ2n) is 7.53. The van der Waals surface area contributed by atoms with E-state index in [1.54, 1.807) is 6.07 Å². The predicted octanol–water partition coefficient (Wildman–Crippen LogP) is 5.69. The minimum Gasteiger partial charge on any atom is -0.493 e. The number of rotatable bonds is 9. The van der Waals surface area contributed by atoms with Crippen LogP contribution in [0.1, 0.15) is 26.3 Å². The van der Waals surface area contributed by atoms with Crippen LogP contribution >= 0.6 is 23.4 Å². The first-order chi connectivity index (χ1) is 14.9. The van der Waals surface area contributed by atoms with Gasteiger partial charge in [0.25, 0.3) is 0 Å². The van der Waals surface area contributed by atoms with Gasteiger partial charge in [-0.1, -0.05) is 43.3 Å². The second kappa shape index (κ2) is 10.7. The van der Waals surface area contributed by atoms with Gasteiger partial charge in [-0.15, -0.1) is 10.2 Å². The maximum Gasteiger partial charge on any atom is 0.234 e. The lowest BCUT2D eigenvalue weighted by Gasteiger charge is -2.11. The number of benzene rings is 2. The van der Waals surface area contributed by atoms with Crippen LogP contribution in [0, 0.1) is 12.8 Å². The molecule has 1 amide bonds. The Balaban J connectivity index is 1.66. The minimum atomic E-state index is -0.116. The molecule has 3 rings (SSSR count). The number of hydrogen-bond donors (Lipinski definition) is 1. The smallest absolute Gasteiger partial charge is 0.234 e. The van der Waals surface area contributed by atoms with Gasteiger partial charge in [0.15, 0.2) is 11.0 Å². The molecule has 1 aromatic heterocycles. The number of nitrogens with one attached hydrogen (secondary N) is 1. The Morgan fingerprint density at radius 2 is 1.94 bits per heavy atom. The molecule has 0 aliphatic carbocycles. The third-order valence-corrected chi connectivity index (χ3v) is 5.98. The normalized spacial score (nSPS) is 11.0. The maximum atomic E-state index is 12.4. The number of ether oxygens (including phenoxy) is 1. The third kappa shape index (κ3) is 6.02. The fourth-order valence-electron chi connectivity index (χ4n) is 2.92. The van der Waals surface area contributed by atoms with Crippen molar-refractivity contribution in [1.82, 2.24) is 14.8 Å². The summed E-state index contributed by atoms with van der Waals surface area (Å²) in [6.45, 7) is 9.53. The van der Waals surface area contributed by atoms with Crippen molar-refractivity contribution in [3.8, 4) is 17.1 Å². The molecule has 0 bridgehead atoms. The highest BCUT2D eigenvalue weighted by atomic mass is 35.5. The second-order valence-corrected chi connectivity index (χ2v) is 8.88. The Bertz CT molecular complexity index is 1030. The topological polar surface area (TPSA) is 69.0 Å². The van der Waals surface area contributed by atoms with Crippen LogP contribution in [0.2, 0.25) is 5.02 Å². The molecule has 0 radical (unpaired) electrons. The number of nitrogens with zero attached hydrogens (tertiary/aromatic N) is 3. The summed E-state index contributed by atoms with van der Waals surface area (Å²) in [5.74, 6) is 2.19. The average Bonchev–Trinajstić information content (AvgIpc) is 3.17. The van der Waals surface area contributed by atoms with Crippen molar-refractivity contribution < 1.29 is 9.53 Å². The van der Waals surface area contributed by atoms with E-state index < -0.39 is 0 Å². The quantitative estimate of drug-likeness (QED) is 0.417. The van der Waals surface area contributed by atoms with E-state index in [1.807, 2.05) is 54.8 Å². The first-order valence-corrected chi connectivity index (χ1v) is 11.6. The number of anilines is 1. The van der Waals surface area contributed by atoms with Gasteiger partial charge in [-0.25, -0.2) is 0 Å². The van der Waals surface area contributed by atoms with E-state index in [4.69, 9.17) is 16.3 Å². The molecule has 2 aromatic carbocycles. The van der Waals surface area contributed by atoms with Gasteiger partial charge in [0, 0.05) is 22.8 Å². The molecule has 164 valence electrons. The summed E-state index contributed by atoms with van der Waals surface area (Å²) in [6.07, 6.45) is 0. The Morgan fingerprint density at radius 1 is 1.19 bits per heavy atom. The van der Waals surface area contributed by atoms with Crippen LogP contribution in [-0.4, -0.2) is 33.0 Å². The Hall–Kier alpha value is -2.51. The molecular weight excluding hydrogens is 432 g/mol. The Kier molecular flexibility index (Phi) is 7.98.